The van der Waals surface area contributed by atoms with Crippen LogP contribution < -0.4 is 0 Å². The molecule has 3 fully saturated rings. The Balaban J connectivity index is 1.79. The smallest absolute Gasteiger partial charge is 0.0849 e. The fourth-order valence-electron chi connectivity index (χ4n) is 7.59. The molecule has 0 saturated heterocycles. The minimum absolute atomic E-state index is 0.199. The lowest BCUT2D eigenvalue weighted by Crippen LogP contribution is -2.39. The van der Waals surface area contributed by atoms with Gasteiger partial charge in [-0.05, 0) is 120 Å². The Morgan fingerprint density at radius 2 is 1.76 bits per heavy atom. The van der Waals surface area contributed by atoms with Crippen LogP contribution in [0.3, 0.4) is 0 Å². The van der Waals surface area contributed by atoms with E-state index < -0.39 is 29.5 Å². The van der Waals surface area contributed by atoms with Gasteiger partial charge in [-0.15, -0.1) is 0 Å². The van der Waals surface area contributed by atoms with Crippen molar-refractivity contribution in [2.45, 2.75) is 141 Å². The average molecular weight is 519 g/mol. The van der Waals surface area contributed by atoms with Gasteiger partial charge in [0.05, 0.1) is 29.5 Å². The first kappa shape index (κ1) is 30.6. The van der Waals surface area contributed by atoms with Crippen molar-refractivity contribution in [2.24, 2.45) is 23.2 Å². The van der Waals surface area contributed by atoms with Crippen LogP contribution in [0.1, 0.15) is 112 Å². The molecule has 5 heteroatoms. The lowest BCUT2D eigenvalue weighted by atomic mass is 9.60. The van der Waals surface area contributed by atoms with Gasteiger partial charge in [0, 0.05) is 6.42 Å². The topological polar surface area (TPSA) is 101 Å². The zero-order valence-corrected chi connectivity index (χ0v) is 24.0. The second-order valence-electron chi connectivity index (χ2n) is 13.9. The van der Waals surface area contributed by atoms with Crippen LogP contribution in [-0.2, 0) is 0 Å². The van der Waals surface area contributed by atoms with Gasteiger partial charge in [0.25, 0.3) is 0 Å². The Labute approximate surface area is 225 Å². The van der Waals surface area contributed by atoms with Gasteiger partial charge in [-0.2, -0.15) is 0 Å². The Morgan fingerprint density at radius 3 is 2.41 bits per heavy atom. The molecule has 0 bridgehead atoms. The van der Waals surface area contributed by atoms with E-state index in [9.17, 15) is 25.5 Å². The number of aliphatic hydroxyl groups is 5. The van der Waals surface area contributed by atoms with E-state index in [0.717, 1.165) is 49.7 Å². The van der Waals surface area contributed by atoms with Gasteiger partial charge in [-0.25, -0.2) is 0 Å². The molecule has 5 N–H and O–H groups in total. The van der Waals surface area contributed by atoms with Gasteiger partial charge >= 0.3 is 0 Å². The third-order valence-corrected chi connectivity index (χ3v) is 9.86. The van der Waals surface area contributed by atoms with E-state index in [1.54, 1.807) is 13.8 Å². The highest BCUT2D eigenvalue weighted by molar-refractivity contribution is 5.38. The molecule has 0 radical (unpaired) electrons. The van der Waals surface area contributed by atoms with Gasteiger partial charge in [-0.1, -0.05) is 44.1 Å². The average Bonchev–Trinajstić information content (AvgIpc) is 3.13. The summed E-state index contributed by atoms with van der Waals surface area (Å²) in [6, 6.07) is 0. The van der Waals surface area contributed by atoms with Crippen molar-refractivity contribution in [3.63, 3.8) is 0 Å². The summed E-state index contributed by atoms with van der Waals surface area (Å²) in [4.78, 5) is 0. The number of hydrogen-bond donors (Lipinski definition) is 5. The van der Waals surface area contributed by atoms with Crippen LogP contribution in [0, 0.1) is 23.2 Å². The maximum absolute atomic E-state index is 10.6. The molecule has 37 heavy (non-hydrogen) atoms. The van der Waals surface area contributed by atoms with Crippen LogP contribution in [-0.4, -0.2) is 55.0 Å². The first-order valence-electron chi connectivity index (χ1n) is 14.7. The van der Waals surface area contributed by atoms with Crippen LogP contribution in [0.25, 0.3) is 0 Å². The molecule has 0 amide bonds. The predicted molar refractivity (Wildman–Crippen MR) is 150 cm³/mol. The summed E-state index contributed by atoms with van der Waals surface area (Å²) in [6.07, 6.45) is 13.4. The molecule has 0 heterocycles. The van der Waals surface area contributed by atoms with E-state index in [2.05, 4.69) is 25.7 Å². The number of hydrogen-bond acceptors (Lipinski definition) is 5. The van der Waals surface area contributed by atoms with E-state index >= 15 is 0 Å². The minimum Gasteiger partial charge on any atom is -0.393 e. The number of fused-ring (bicyclic) bond motifs is 1. The number of allylic oxidation sites excluding steroid dienone is 3. The van der Waals surface area contributed by atoms with Gasteiger partial charge < -0.3 is 25.5 Å². The van der Waals surface area contributed by atoms with Crippen molar-refractivity contribution < 1.29 is 25.5 Å². The molecular formula is C32H54O5. The molecule has 5 nitrogen and oxygen atoms in total. The molecule has 212 valence electrons. The number of rotatable bonds is 10. The lowest BCUT2D eigenvalue weighted by molar-refractivity contribution is -0.0563. The summed E-state index contributed by atoms with van der Waals surface area (Å²) in [5.41, 5.74) is 1.62. The number of aliphatic hydroxyl groups excluding tert-OH is 3. The van der Waals surface area contributed by atoms with Crippen molar-refractivity contribution in [1.29, 1.82) is 0 Å². The Kier molecular flexibility index (Phi) is 9.94. The summed E-state index contributed by atoms with van der Waals surface area (Å²) < 4.78 is 0. The van der Waals surface area contributed by atoms with Crippen LogP contribution in [0.5, 0.6) is 0 Å². The fourth-order valence-corrected chi connectivity index (χ4v) is 7.59. The second kappa shape index (κ2) is 12.0. The molecule has 3 saturated carbocycles. The van der Waals surface area contributed by atoms with Gasteiger partial charge in [0.1, 0.15) is 0 Å². The Morgan fingerprint density at radius 1 is 1.05 bits per heavy atom. The SMILES string of the molecule is C=C1/C(=C\C=C2/CCC[C@@]3(C)C2CCC3[C@H](CCCC(C)(C)O)CC[C@@H](O)C(C)(C)O)C[C@@H](O)C[C@@H]1O. The molecule has 7 atom stereocenters. The maximum Gasteiger partial charge on any atom is 0.0849 e. The summed E-state index contributed by atoms with van der Waals surface area (Å²) >= 11 is 0. The highest BCUT2D eigenvalue weighted by atomic mass is 16.3. The highest BCUT2D eigenvalue weighted by Gasteiger charge is 2.51. The molecule has 3 aliphatic carbocycles. The van der Waals surface area contributed by atoms with Crippen LogP contribution in [0.15, 0.2) is 35.5 Å². The highest BCUT2D eigenvalue weighted by Crippen LogP contribution is 2.60. The van der Waals surface area contributed by atoms with E-state index in [1.807, 2.05) is 13.8 Å². The van der Waals surface area contributed by atoms with Crippen molar-refractivity contribution >= 4 is 0 Å². The first-order chi connectivity index (χ1) is 17.1. The summed E-state index contributed by atoms with van der Waals surface area (Å²) in [6.45, 7) is 13.7. The molecule has 0 aromatic carbocycles. The molecule has 3 aliphatic rings. The second-order valence-corrected chi connectivity index (χ2v) is 13.9. The molecule has 0 aromatic rings. The van der Waals surface area contributed by atoms with Crippen molar-refractivity contribution in [3.8, 4) is 0 Å². The summed E-state index contributed by atoms with van der Waals surface area (Å²) in [5.74, 6) is 1.53. The van der Waals surface area contributed by atoms with E-state index in [-0.39, 0.29) is 5.41 Å². The van der Waals surface area contributed by atoms with E-state index in [0.29, 0.717) is 37.0 Å². The van der Waals surface area contributed by atoms with E-state index in [1.165, 1.54) is 24.8 Å². The van der Waals surface area contributed by atoms with Crippen LogP contribution in [0.4, 0.5) is 0 Å². The molecule has 0 aliphatic heterocycles. The van der Waals surface area contributed by atoms with Gasteiger partial charge in [-0.3, -0.25) is 0 Å². The predicted octanol–water partition coefficient (Wildman–Crippen LogP) is 5.60. The van der Waals surface area contributed by atoms with Crippen LogP contribution >= 0.6 is 0 Å². The van der Waals surface area contributed by atoms with Crippen molar-refractivity contribution in [1.82, 2.24) is 0 Å². The zero-order valence-electron chi connectivity index (χ0n) is 24.0. The normalized spacial score (nSPS) is 35.1. The van der Waals surface area contributed by atoms with Gasteiger partial charge in [0.2, 0.25) is 0 Å². The third kappa shape index (κ3) is 7.79. The summed E-state index contributed by atoms with van der Waals surface area (Å²) in [5, 5.41) is 51.5. The molecule has 0 spiro atoms. The Hall–Kier alpha value is -0.980. The Bertz CT molecular complexity index is 844. The minimum atomic E-state index is -1.10. The largest absolute Gasteiger partial charge is 0.393 e. The van der Waals surface area contributed by atoms with Gasteiger partial charge in [0.15, 0.2) is 0 Å². The van der Waals surface area contributed by atoms with Crippen LogP contribution in [0.2, 0.25) is 0 Å². The third-order valence-electron chi connectivity index (χ3n) is 9.86. The maximum atomic E-state index is 10.6. The zero-order chi connectivity index (χ0) is 27.6. The molecule has 0 aromatic heterocycles. The quantitative estimate of drug-likeness (QED) is 0.259. The molecule has 3 rings (SSSR count). The van der Waals surface area contributed by atoms with E-state index in [4.69, 9.17) is 0 Å². The molecule has 2 unspecified atom stereocenters. The molecular weight excluding hydrogens is 464 g/mol. The van der Waals surface area contributed by atoms with Crippen molar-refractivity contribution in [2.75, 3.05) is 0 Å². The first-order valence-corrected chi connectivity index (χ1v) is 14.7. The van der Waals surface area contributed by atoms with Crippen molar-refractivity contribution in [3.05, 3.63) is 35.5 Å². The lowest BCUT2D eigenvalue weighted by Gasteiger charge is -2.45. The summed E-state index contributed by atoms with van der Waals surface area (Å²) in [7, 11) is 0. The standard InChI is InChI=1S/C32H54O5/c1-21-24(19-25(33)20-28(21)34)12-11-22-10-8-18-32(6)26(22)14-15-27(32)23(9-7-17-30(2,3)36)13-16-29(35)31(4,5)37/h11-12,23,25-29,33-37H,1,7-10,13-20H2,2-6H3/b22-11+,24-12-/t23-,25-,26?,27?,28+,29-,32+/m1/s1. The fraction of sp³-hybridized carbons (Fsp3) is 0.812. The monoisotopic (exact) mass is 518 g/mol.